The van der Waals surface area contributed by atoms with E-state index in [-0.39, 0.29) is 11.9 Å². The van der Waals surface area contributed by atoms with Gasteiger partial charge >= 0.3 is 0 Å². The summed E-state index contributed by atoms with van der Waals surface area (Å²) in [4.78, 5) is 16.4. The van der Waals surface area contributed by atoms with E-state index in [0.717, 1.165) is 27.7 Å². The van der Waals surface area contributed by atoms with Crippen molar-refractivity contribution in [3.63, 3.8) is 0 Å². The number of hydrogen-bond donors (Lipinski definition) is 2. The van der Waals surface area contributed by atoms with Crippen LogP contribution in [0.5, 0.6) is 0 Å². The lowest BCUT2D eigenvalue weighted by Gasteiger charge is -2.27. The van der Waals surface area contributed by atoms with Gasteiger partial charge in [0.25, 0.3) is 0 Å². The minimum absolute atomic E-state index is 0.0245. The molecule has 1 heterocycles. The van der Waals surface area contributed by atoms with Crippen molar-refractivity contribution in [2.24, 2.45) is 0 Å². The van der Waals surface area contributed by atoms with Crippen molar-refractivity contribution < 1.29 is 4.79 Å². The lowest BCUT2D eigenvalue weighted by Crippen LogP contribution is -2.41. The van der Waals surface area contributed by atoms with Crippen molar-refractivity contribution in [3.05, 3.63) is 71.4 Å². The number of H-pyrrole nitrogens is 1. The Bertz CT molecular complexity index is 862. The van der Waals surface area contributed by atoms with E-state index in [0.29, 0.717) is 0 Å². The van der Waals surface area contributed by atoms with Crippen LogP contribution in [0, 0.1) is 6.92 Å². The Hall–Kier alpha value is -2.55. The maximum absolute atomic E-state index is 13.0. The first-order valence-corrected chi connectivity index (χ1v) is 8.35. The molecule has 0 saturated heterocycles. The number of nitrogens with one attached hydrogen (secondary N) is 2. The molecule has 0 radical (unpaired) electrons. The van der Waals surface area contributed by atoms with Crippen molar-refractivity contribution >= 4 is 16.8 Å². The van der Waals surface area contributed by atoms with Gasteiger partial charge in [-0.2, -0.15) is 0 Å². The number of fused-ring (bicyclic) bond motifs is 1. The largest absolute Gasteiger partial charge is 0.358 e. The van der Waals surface area contributed by atoms with Crippen LogP contribution in [0.4, 0.5) is 0 Å². The van der Waals surface area contributed by atoms with Crippen LogP contribution in [0.25, 0.3) is 10.9 Å². The number of carbonyl (C=O) groups is 1. The second-order valence-corrected chi connectivity index (χ2v) is 6.90. The topological polar surface area (TPSA) is 44.9 Å². The highest BCUT2D eigenvalue weighted by atomic mass is 16.2. The van der Waals surface area contributed by atoms with Gasteiger partial charge in [0.05, 0.1) is 11.5 Å². The number of carbonyl (C=O) groups excluding carboxylic acids is 1. The van der Waals surface area contributed by atoms with Gasteiger partial charge in [-0.3, -0.25) is 4.79 Å². The number of aromatic amines is 1. The van der Waals surface area contributed by atoms with Crippen LogP contribution in [0.15, 0.2) is 54.6 Å². The van der Waals surface area contributed by atoms with E-state index in [1.807, 2.05) is 76.2 Å². The Morgan fingerprint density at radius 2 is 1.67 bits per heavy atom. The normalized spacial score (nSPS) is 13.0. The van der Waals surface area contributed by atoms with Crippen LogP contribution >= 0.6 is 0 Å². The molecule has 1 unspecified atom stereocenters. The summed E-state index contributed by atoms with van der Waals surface area (Å²) in [7, 11) is 0. The molecule has 2 N–H and O–H groups in total. The highest BCUT2D eigenvalue weighted by Crippen LogP contribution is 2.34. The molecule has 3 rings (SSSR count). The standard InChI is InChI=1S/C21H24N2O/c1-14(16-10-6-5-7-11-16)23-20(24)21(3,4)19-15(2)22-18-13-9-8-12-17(18)19/h5-14,22H,1-4H3,(H,23,24). The Morgan fingerprint density at radius 3 is 2.38 bits per heavy atom. The predicted molar refractivity (Wildman–Crippen MR) is 99.1 cm³/mol. The van der Waals surface area contributed by atoms with Crippen molar-refractivity contribution in [3.8, 4) is 0 Å². The van der Waals surface area contributed by atoms with E-state index < -0.39 is 5.41 Å². The summed E-state index contributed by atoms with van der Waals surface area (Å²) in [6.07, 6.45) is 0. The van der Waals surface area contributed by atoms with Gasteiger partial charge in [0, 0.05) is 16.6 Å². The number of amides is 1. The minimum Gasteiger partial charge on any atom is -0.358 e. The van der Waals surface area contributed by atoms with Gasteiger partial charge in [0.15, 0.2) is 0 Å². The van der Waals surface area contributed by atoms with Gasteiger partial charge in [-0.05, 0) is 44.9 Å². The van der Waals surface area contributed by atoms with Gasteiger partial charge in [0.1, 0.15) is 0 Å². The molecule has 1 atom stereocenters. The molecule has 3 nitrogen and oxygen atoms in total. The maximum atomic E-state index is 13.0. The van der Waals surface area contributed by atoms with E-state index in [9.17, 15) is 4.79 Å². The lowest BCUT2D eigenvalue weighted by atomic mass is 9.81. The number of para-hydroxylation sites is 1. The van der Waals surface area contributed by atoms with E-state index in [4.69, 9.17) is 0 Å². The molecular weight excluding hydrogens is 296 g/mol. The fourth-order valence-electron chi connectivity index (χ4n) is 3.40. The van der Waals surface area contributed by atoms with Crippen LogP contribution in [0.1, 0.15) is 43.6 Å². The zero-order chi connectivity index (χ0) is 17.3. The molecule has 0 bridgehead atoms. The smallest absolute Gasteiger partial charge is 0.230 e. The third-order valence-corrected chi connectivity index (χ3v) is 4.73. The molecule has 0 aliphatic carbocycles. The summed E-state index contributed by atoms with van der Waals surface area (Å²) in [5.41, 5.74) is 3.67. The fraction of sp³-hybridized carbons (Fsp3) is 0.286. The molecule has 2 aromatic carbocycles. The molecule has 0 spiro atoms. The van der Waals surface area contributed by atoms with Crippen LogP contribution in [-0.2, 0) is 10.2 Å². The monoisotopic (exact) mass is 320 g/mol. The zero-order valence-electron chi connectivity index (χ0n) is 14.7. The van der Waals surface area contributed by atoms with Crippen LogP contribution in [0.3, 0.4) is 0 Å². The molecule has 1 amide bonds. The second-order valence-electron chi connectivity index (χ2n) is 6.90. The Morgan fingerprint density at radius 1 is 1.04 bits per heavy atom. The van der Waals surface area contributed by atoms with Crippen LogP contribution in [-0.4, -0.2) is 10.9 Å². The first kappa shape index (κ1) is 16.3. The first-order valence-electron chi connectivity index (χ1n) is 8.35. The average Bonchev–Trinajstić information content (AvgIpc) is 2.91. The van der Waals surface area contributed by atoms with Crippen LogP contribution in [0.2, 0.25) is 0 Å². The summed E-state index contributed by atoms with van der Waals surface area (Å²) in [5.74, 6) is 0.0340. The number of rotatable bonds is 4. The number of aromatic nitrogens is 1. The Balaban J connectivity index is 1.91. The summed E-state index contributed by atoms with van der Waals surface area (Å²) in [6, 6.07) is 18.2. The van der Waals surface area contributed by atoms with Crippen molar-refractivity contribution in [1.29, 1.82) is 0 Å². The Kier molecular flexibility index (Phi) is 4.18. The SMILES string of the molecule is Cc1[nH]c2ccccc2c1C(C)(C)C(=O)NC(C)c1ccccc1. The van der Waals surface area contributed by atoms with Gasteiger partial charge in [-0.25, -0.2) is 0 Å². The molecular formula is C21H24N2O. The van der Waals surface area contributed by atoms with Gasteiger partial charge in [-0.1, -0.05) is 48.5 Å². The lowest BCUT2D eigenvalue weighted by molar-refractivity contribution is -0.126. The third kappa shape index (κ3) is 2.82. The molecule has 0 fully saturated rings. The van der Waals surface area contributed by atoms with E-state index in [2.05, 4.69) is 16.4 Å². The maximum Gasteiger partial charge on any atom is 0.230 e. The summed E-state index contributed by atoms with van der Waals surface area (Å²) >= 11 is 0. The second kappa shape index (κ2) is 6.16. The van der Waals surface area contributed by atoms with E-state index >= 15 is 0 Å². The molecule has 0 aliphatic rings. The van der Waals surface area contributed by atoms with Gasteiger partial charge < -0.3 is 10.3 Å². The van der Waals surface area contributed by atoms with E-state index in [1.54, 1.807) is 0 Å². The number of hydrogen-bond acceptors (Lipinski definition) is 1. The molecule has 0 saturated carbocycles. The molecule has 3 aromatic rings. The van der Waals surface area contributed by atoms with Crippen molar-refractivity contribution in [2.75, 3.05) is 0 Å². The van der Waals surface area contributed by atoms with Gasteiger partial charge in [-0.15, -0.1) is 0 Å². The van der Waals surface area contributed by atoms with E-state index in [1.165, 1.54) is 0 Å². The predicted octanol–water partition coefficient (Wildman–Crippen LogP) is 4.63. The molecule has 24 heavy (non-hydrogen) atoms. The molecule has 0 aliphatic heterocycles. The number of aryl methyl sites for hydroxylation is 1. The summed E-state index contributed by atoms with van der Waals surface area (Å²) in [6.45, 7) is 8.03. The summed E-state index contributed by atoms with van der Waals surface area (Å²) in [5, 5.41) is 4.28. The molecule has 1 aromatic heterocycles. The number of benzene rings is 2. The van der Waals surface area contributed by atoms with Gasteiger partial charge in [0.2, 0.25) is 5.91 Å². The molecule has 3 heteroatoms. The molecule has 124 valence electrons. The van der Waals surface area contributed by atoms with Crippen molar-refractivity contribution in [2.45, 2.75) is 39.2 Å². The highest BCUT2D eigenvalue weighted by molar-refractivity contribution is 5.95. The quantitative estimate of drug-likeness (QED) is 0.723. The minimum atomic E-state index is -0.618. The zero-order valence-corrected chi connectivity index (χ0v) is 14.7. The fourth-order valence-corrected chi connectivity index (χ4v) is 3.40. The van der Waals surface area contributed by atoms with Crippen molar-refractivity contribution in [1.82, 2.24) is 10.3 Å². The third-order valence-electron chi connectivity index (χ3n) is 4.73. The average molecular weight is 320 g/mol. The highest BCUT2D eigenvalue weighted by Gasteiger charge is 2.34. The van der Waals surface area contributed by atoms with Crippen LogP contribution < -0.4 is 5.32 Å². The first-order chi connectivity index (χ1) is 11.4. The Labute approximate surface area is 143 Å². The summed E-state index contributed by atoms with van der Waals surface area (Å²) < 4.78 is 0.